The van der Waals surface area contributed by atoms with Gasteiger partial charge in [-0.25, -0.2) is 18.7 Å². The second-order valence-electron chi connectivity index (χ2n) is 6.19. The van der Waals surface area contributed by atoms with Crippen molar-refractivity contribution in [2.75, 3.05) is 5.32 Å². The molecule has 0 atom stereocenters. The Morgan fingerprint density at radius 2 is 1.33 bits per heavy atom. The van der Waals surface area contributed by atoms with Gasteiger partial charge in [0.25, 0.3) is 0 Å². The summed E-state index contributed by atoms with van der Waals surface area (Å²) in [6.07, 6.45) is 3.22. The summed E-state index contributed by atoms with van der Waals surface area (Å²) in [5.41, 5.74) is 0.884. The van der Waals surface area contributed by atoms with E-state index in [1.165, 1.54) is 48.5 Å². The SMILES string of the molecule is Fc1ccc(Oc2ccc(CNc3nccc(Oc4ccc(F)cc4)n3)cn2)cc1. The van der Waals surface area contributed by atoms with Crippen LogP contribution in [0.25, 0.3) is 0 Å². The minimum atomic E-state index is -0.338. The molecule has 0 saturated heterocycles. The van der Waals surface area contributed by atoms with E-state index in [4.69, 9.17) is 9.47 Å². The lowest BCUT2D eigenvalue weighted by Crippen LogP contribution is -2.04. The average Bonchev–Trinajstić information content (AvgIpc) is 2.77. The largest absolute Gasteiger partial charge is 0.439 e. The van der Waals surface area contributed by atoms with Crippen molar-refractivity contribution >= 4 is 5.95 Å². The molecule has 150 valence electrons. The predicted molar refractivity (Wildman–Crippen MR) is 107 cm³/mol. The number of nitrogens with one attached hydrogen (secondary N) is 1. The lowest BCUT2D eigenvalue weighted by molar-refractivity contribution is 0.460. The number of hydrogen-bond donors (Lipinski definition) is 1. The van der Waals surface area contributed by atoms with Crippen molar-refractivity contribution in [1.29, 1.82) is 0 Å². The lowest BCUT2D eigenvalue weighted by atomic mass is 10.3. The Morgan fingerprint density at radius 3 is 1.93 bits per heavy atom. The number of anilines is 1. The van der Waals surface area contributed by atoms with Crippen molar-refractivity contribution in [1.82, 2.24) is 15.0 Å². The standard InChI is InChI=1S/C22H16F2N4O2/c23-16-2-6-18(7-3-16)29-20-10-1-15(13-26-20)14-27-22-25-12-11-21(28-22)30-19-8-4-17(24)5-9-19/h1-13H,14H2,(H,25,27,28). The molecule has 0 aliphatic heterocycles. The number of rotatable bonds is 7. The van der Waals surface area contributed by atoms with E-state index in [2.05, 4.69) is 20.3 Å². The molecule has 30 heavy (non-hydrogen) atoms. The van der Waals surface area contributed by atoms with Gasteiger partial charge in [0.2, 0.25) is 17.7 Å². The third kappa shape index (κ3) is 5.26. The highest BCUT2D eigenvalue weighted by Crippen LogP contribution is 2.21. The molecule has 0 fully saturated rings. The second kappa shape index (κ2) is 8.95. The summed E-state index contributed by atoms with van der Waals surface area (Å²) in [4.78, 5) is 12.7. The van der Waals surface area contributed by atoms with Gasteiger partial charge in [0.15, 0.2) is 0 Å². The number of benzene rings is 2. The number of halogens is 2. The van der Waals surface area contributed by atoms with Gasteiger partial charge in [-0.3, -0.25) is 0 Å². The van der Waals surface area contributed by atoms with Crippen LogP contribution < -0.4 is 14.8 Å². The molecule has 0 amide bonds. The fraction of sp³-hybridized carbons (Fsp3) is 0.0455. The summed E-state index contributed by atoms with van der Waals surface area (Å²) in [6, 6.07) is 16.5. The van der Waals surface area contributed by atoms with Gasteiger partial charge < -0.3 is 14.8 Å². The van der Waals surface area contributed by atoms with Crippen LogP contribution in [0.5, 0.6) is 23.3 Å². The monoisotopic (exact) mass is 406 g/mol. The first-order valence-electron chi connectivity index (χ1n) is 9.03. The van der Waals surface area contributed by atoms with E-state index in [0.29, 0.717) is 35.8 Å². The van der Waals surface area contributed by atoms with E-state index >= 15 is 0 Å². The third-order valence-electron chi connectivity index (χ3n) is 3.95. The molecule has 0 saturated carbocycles. The normalized spacial score (nSPS) is 10.5. The highest BCUT2D eigenvalue weighted by molar-refractivity contribution is 5.33. The van der Waals surface area contributed by atoms with E-state index in [0.717, 1.165) is 5.56 Å². The Morgan fingerprint density at radius 1 is 0.700 bits per heavy atom. The molecule has 2 aromatic carbocycles. The van der Waals surface area contributed by atoms with Crippen molar-refractivity contribution in [3.63, 3.8) is 0 Å². The van der Waals surface area contributed by atoms with Crippen LogP contribution in [0.1, 0.15) is 5.56 Å². The zero-order valence-corrected chi connectivity index (χ0v) is 15.6. The van der Waals surface area contributed by atoms with Crippen LogP contribution in [0.4, 0.5) is 14.7 Å². The average molecular weight is 406 g/mol. The van der Waals surface area contributed by atoms with Crippen molar-refractivity contribution in [3.05, 3.63) is 96.3 Å². The van der Waals surface area contributed by atoms with Gasteiger partial charge >= 0.3 is 0 Å². The molecule has 8 heteroatoms. The van der Waals surface area contributed by atoms with E-state index in [-0.39, 0.29) is 11.6 Å². The van der Waals surface area contributed by atoms with E-state index in [1.54, 1.807) is 24.5 Å². The van der Waals surface area contributed by atoms with Crippen LogP contribution in [-0.4, -0.2) is 15.0 Å². The molecule has 4 aromatic rings. The number of nitrogens with zero attached hydrogens (tertiary/aromatic N) is 3. The van der Waals surface area contributed by atoms with E-state index in [1.807, 2.05) is 6.07 Å². The van der Waals surface area contributed by atoms with Gasteiger partial charge in [-0.05, 0) is 54.1 Å². The maximum Gasteiger partial charge on any atom is 0.226 e. The molecule has 0 aliphatic rings. The molecule has 0 spiro atoms. The van der Waals surface area contributed by atoms with Gasteiger partial charge in [0, 0.05) is 31.1 Å². The van der Waals surface area contributed by atoms with Gasteiger partial charge in [-0.15, -0.1) is 0 Å². The smallest absolute Gasteiger partial charge is 0.226 e. The summed E-state index contributed by atoms with van der Waals surface area (Å²) >= 11 is 0. The Bertz CT molecular complexity index is 1110. The first kappa shape index (κ1) is 19.3. The van der Waals surface area contributed by atoms with Gasteiger partial charge in [0.1, 0.15) is 23.1 Å². The van der Waals surface area contributed by atoms with Crippen LogP contribution in [0.3, 0.4) is 0 Å². The molecule has 2 aromatic heterocycles. The summed E-state index contributed by atoms with van der Waals surface area (Å²) in [6.45, 7) is 0.434. The highest BCUT2D eigenvalue weighted by atomic mass is 19.1. The Balaban J connectivity index is 1.34. The zero-order valence-electron chi connectivity index (χ0n) is 15.6. The Labute approximate surface area is 171 Å². The van der Waals surface area contributed by atoms with E-state index < -0.39 is 0 Å². The molecule has 0 unspecified atom stereocenters. The van der Waals surface area contributed by atoms with Gasteiger partial charge in [0.05, 0.1) is 0 Å². The molecule has 6 nitrogen and oxygen atoms in total. The first-order valence-corrected chi connectivity index (χ1v) is 9.03. The molecule has 0 aliphatic carbocycles. The summed E-state index contributed by atoms with van der Waals surface area (Å²) in [5.74, 6) is 1.42. The fourth-order valence-corrected chi connectivity index (χ4v) is 2.49. The van der Waals surface area contributed by atoms with Crippen LogP contribution >= 0.6 is 0 Å². The summed E-state index contributed by atoms with van der Waals surface area (Å²) < 4.78 is 37.1. The maximum absolute atomic E-state index is 13.0. The van der Waals surface area contributed by atoms with Crippen molar-refractivity contribution in [3.8, 4) is 23.3 Å². The maximum atomic E-state index is 13.0. The van der Waals surface area contributed by atoms with Crippen LogP contribution in [0, 0.1) is 11.6 Å². The van der Waals surface area contributed by atoms with Crippen molar-refractivity contribution < 1.29 is 18.3 Å². The fourth-order valence-electron chi connectivity index (χ4n) is 2.49. The highest BCUT2D eigenvalue weighted by Gasteiger charge is 2.04. The topological polar surface area (TPSA) is 69.2 Å². The molecular formula is C22H16F2N4O2. The van der Waals surface area contributed by atoms with Gasteiger partial charge in [-0.2, -0.15) is 4.98 Å². The Hall–Kier alpha value is -4.07. The molecule has 1 N–H and O–H groups in total. The van der Waals surface area contributed by atoms with Crippen molar-refractivity contribution in [2.45, 2.75) is 6.54 Å². The number of pyridine rings is 1. The molecule has 0 bridgehead atoms. The minimum absolute atomic E-state index is 0.328. The van der Waals surface area contributed by atoms with Crippen LogP contribution in [-0.2, 0) is 6.54 Å². The lowest BCUT2D eigenvalue weighted by Gasteiger charge is -2.08. The predicted octanol–water partition coefficient (Wildman–Crippen LogP) is 5.35. The molecule has 0 radical (unpaired) electrons. The zero-order chi connectivity index (χ0) is 20.8. The summed E-state index contributed by atoms with van der Waals surface area (Å²) in [5, 5.41) is 3.09. The number of hydrogen-bond acceptors (Lipinski definition) is 6. The second-order valence-corrected chi connectivity index (χ2v) is 6.19. The van der Waals surface area contributed by atoms with Crippen LogP contribution in [0.2, 0.25) is 0 Å². The quantitative estimate of drug-likeness (QED) is 0.446. The van der Waals surface area contributed by atoms with Crippen molar-refractivity contribution in [2.24, 2.45) is 0 Å². The number of aromatic nitrogens is 3. The molecule has 2 heterocycles. The first-order chi connectivity index (χ1) is 14.6. The van der Waals surface area contributed by atoms with E-state index in [9.17, 15) is 8.78 Å². The molecular weight excluding hydrogens is 390 g/mol. The van der Waals surface area contributed by atoms with Crippen LogP contribution in [0.15, 0.2) is 79.1 Å². The van der Waals surface area contributed by atoms with Gasteiger partial charge in [-0.1, -0.05) is 6.07 Å². The third-order valence-corrected chi connectivity index (χ3v) is 3.95. The minimum Gasteiger partial charge on any atom is -0.439 e. The Kier molecular flexibility index (Phi) is 5.75. The summed E-state index contributed by atoms with van der Waals surface area (Å²) in [7, 11) is 0. The molecule has 4 rings (SSSR count). The number of ether oxygens (including phenoxy) is 2.